The molecular weight excluding hydrogens is 374 g/mol. The van der Waals surface area contributed by atoms with Crippen molar-refractivity contribution in [3.63, 3.8) is 0 Å². The van der Waals surface area contributed by atoms with E-state index >= 15 is 0 Å². The zero-order chi connectivity index (χ0) is 19.7. The quantitative estimate of drug-likeness (QED) is 0.733. The molecule has 144 valence electrons. The zero-order valence-electron chi connectivity index (χ0n) is 15.6. The Labute approximate surface area is 166 Å². The number of rotatable bonds is 4. The minimum Gasteiger partial charge on any atom is -0.487 e. The highest BCUT2D eigenvalue weighted by atomic mass is 32.1. The number of para-hydroxylation sites is 1. The summed E-state index contributed by atoms with van der Waals surface area (Å²) in [6.07, 6.45) is 1.50. The van der Waals surface area contributed by atoms with E-state index in [1.807, 2.05) is 41.3 Å². The summed E-state index contributed by atoms with van der Waals surface area (Å²) in [5.74, 6) is -0.334. The molecular formula is C21H21N3O3S. The average molecular weight is 395 g/mol. The molecule has 1 aromatic carbocycles. The van der Waals surface area contributed by atoms with Crippen molar-refractivity contribution < 1.29 is 14.3 Å². The SMILES string of the molecule is COc1ccc(C(=O)N2CCC(c3nc4ccccc4cc3C(N)=O)CC2)s1. The first kappa shape index (κ1) is 18.4. The second kappa shape index (κ2) is 7.59. The van der Waals surface area contributed by atoms with E-state index in [4.69, 9.17) is 15.5 Å². The van der Waals surface area contributed by atoms with Gasteiger partial charge in [-0.2, -0.15) is 0 Å². The summed E-state index contributed by atoms with van der Waals surface area (Å²) in [6, 6.07) is 13.1. The van der Waals surface area contributed by atoms with Gasteiger partial charge in [0.2, 0.25) is 0 Å². The van der Waals surface area contributed by atoms with Crippen LogP contribution in [0.1, 0.15) is 44.5 Å². The molecule has 1 aliphatic heterocycles. The highest BCUT2D eigenvalue weighted by molar-refractivity contribution is 7.15. The summed E-state index contributed by atoms with van der Waals surface area (Å²) >= 11 is 1.35. The first-order valence-electron chi connectivity index (χ1n) is 9.19. The van der Waals surface area contributed by atoms with Gasteiger partial charge in [-0.1, -0.05) is 29.5 Å². The number of likely N-dealkylation sites (tertiary alicyclic amines) is 1. The van der Waals surface area contributed by atoms with Crippen LogP contribution < -0.4 is 10.5 Å². The van der Waals surface area contributed by atoms with Gasteiger partial charge in [0.25, 0.3) is 11.8 Å². The maximum atomic E-state index is 12.7. The van der Waals surface area contributed by atoms with Crippen molar-refractivity contribution in [3.05, 3.63) is 58.6 Å². The van der Waals surface area contributed by atoms with Gasteiger partial charge >= 0.3 is 0 Å². The maximum Gasteiger partial charge on any atom is 0.264 e. The first-order valence-corrected chi connectivity index (χ1v) is 10.0. The molecule has 2 N–H and O–H groups in total. The van der Waals surface area contributed by atoms with Gasteiger partial charge in [-0.3, -0.25) is 14.6 Å². The van der Waals surface area contributed by atoms with Crippen molar-refractivity contribution in [2.24, 2.45) is 5.73 Å². The number of aromatic nitrogens is 1. The number of hydrogen-bond acceptors (Lipinski definition) is 5. The molecule has 4 rings (SSSR count). The number of carbonyl (C=O) groups is 2. The highest BCUT2D eigenvalue weighted by Crippen LogP contribution is 2.32. The number of amides is 2. The fourth-order valence-corrected chi connectivity index (χ4v) is 4.48. The largest absolute Gasteiger partial charge is 0.487 e. The summed E-state index contributed by atoms with van der Waals surface area (Å²) in [5, 5.41) is 1.63. The zero-order valence-corrected chi connectivity index (χ0v) is 16.4. The normalized spacial score (nSPS) is 15.0. The van der Waals surface area contributed by atoms with Crippen molar-refractivity contribution in [2.75, 3.05) is 20.2 Å². The van der Waals surface area contributed by atoms with E-state index in [0.717, 1.165) is 34.5 Å². The lowest BCUT2D eigenvalue weighted by Crippen LogP contribution is -2.38. The standard InChI is InChI=1S/C21H21N3O3S/c1-27-18-7-6-17(28-18)21(26)24-10-8-13(9-11-24)19-15(20(22)25)12-14-4-2-3-5-16(14)23-19/h2-7,12-13H,8-11H2,1H3,(H2,22,25). The third kappa shape index (κ3) is 3.45. The number of nitrogens with two attached hydrogens (primary N) is 1. The average Bonchev–Trinajstić information content (AvgIpc) is 3.21. The van der Waals surface area contributed by atoms with Crippen LogP contribution >= 0.6 is 11.3 Å². The molecule has 0 unspecified atom stereocenters. The van der Waals surface area contributed by atoms with E-state index in [2.05, 4.69) is 0 Å². The molecule has 28 heavy (non-hydrogen) atoms. The van der Waals surface area contributed by atoms with Crippen LogP contribution in [-0.4, -0.2) is 41.9 Å². The number of ether oxygens (including phenoxy) is 1. The summed E-state index contributed by atoms with van der Waals surface area (Å²) in [5.41, 5.74) is 7.70. The Bertz CT molecular complexity index is 1040. The molecule has 3 heterocycles. The van der Waals surface area contributed by atoms with Gasteiger partial charge in [-0.25, -0.2) is 0 Å². The third-order valence-electron chi connectivity index (χ3n) is 5.18. The number of thiophene rings is 1. The van der Waals surface area contributed by atoms with Crippen LogP contribution in [0, 0.1) is 0 Å². The van der Waals surface area contributed by atoms with Crippen molar-refractivity contribution in [3.8, 4) is 5.06 Å². The van der Waals surface area contributed by atoms with Crippen LogP contribution in [0.3, 0.4) is 0 Å². The van der Waals surface area contributed by atoms with Gasteiger partial charge in [0.15, 0.2) is 5.06 Å². The van der Waals surface area contributed by atoms with Gasteiger partial charge in [-0.15, -0.1) is 0 Å². The molecule has 1 fully saturated rings. The first-order chi connectivity index (χ1) is 13.6. The topological polar surface area (TPSA) is 85.5 Å². The Hall–Kier alpha value is -2.93. The molecule has 7 heteroatoms. The van der Waals surface area contributed by atoms with Crippen molar-refractivity contribution >= 4 is 34.1 Å². The minimum absolute atomic E-state index is 0.0216. The van der Waals surface area contributed by atoms with Gasteiger partial charge in [0.05, 0.1) is 28.8 Å². The maximum absolute atomic E-state index is 12.7. The summed E-state index contributed by atoms with van der Waals surface area (Å²) in [6.45, 7) is 1.24. The Balaban J connectivity index is 1.54. The van der Waals surface area contributed by atoms with E-state index in [1.54, 1.807) is 13.2 Å². The lowest BCUT2D eigenvalue weighted by molar-refractivity contribution is 0.0715. The molecule has 6 nitrogen and oxygen atoms in total. The van der Waals surface area contributed by atoms with Crippen LogP contribution in [0.15, 0.2) is 42.5 Å². The van der Waals surface area contributed by atoms with Crippen molar-refractivity contribution in [1.29, 1.82) is 0 Å². The molecule has 0 atom stereocenters. The molecule has 0 saturated carbocycles. The van der Waals surface area contributed by atoms with Crippen LogP contribution in [0.2, 0.25) is 0 Å². The number of hydrogen-bond donors (Lipinski definition) is 1. The second-order valence-electron chi connectivity index (χ2n) is 6.87. The van der Waals surface area contributed by atoms with E-state index in [9.17, 15) is 9.59 Å². The number of primary amides is 1. The number of fused-ring (bicyclic) bond motifs is 1. The van der Waals surface area contributed by atoms with Gasteiger partial charge in [0.1, 0.15) is 0 Å². The molecule has 3 aromatic rings. The Morgan fingerprint density at radius 1 is 1.18 bits per heavy atom. The third-order valence-corrected chi connectivity index (χ3v) is 6.22. The van der Waals surface area contributed by atoms with Crippen molar-refractivity contribution in [2.45, 2.75) is 18.8 Å². The monoisotopic (exact) mass is 395 g/mol. The Morgan fingerprint density at radius 3 is 2.61 bits per heavy atom. The Morgan fingerprint density at radius 2 is 1.93 bits per heavy atom. The molecule has 0 bridgehead atoms. The number of piperidine rings is 1. The van der Waals surface area contributed by atoms with Crippen LogP contribution in [0.5, 0.6) is 5.06 Å². The predicted octanol–water partition coefficient (Wildman–Crippen LogP) is 3.42. The highest BCUT2D eigenvalue weighted by Gasteiger charge is 2.28. The number of methoxy groups -OCH3 is 1. The molecule has 0 aliphatic carbocycles. The van der Waals surface area contributed by atoms with Gasteiger partial charge in [0, 0.05) is 24.4 Å². The lowest BCUT2D eigenvalue weighted by atomic mass is 9.89. The molecule has 1 aliphatic rings. The van der Waals surface area contributed by atoms with E-state index in [1.165, 1.54) is 11.3 Å². The molecule has 0 spiro atoms. The number of benzene rings is 1. The smallest absolute Gasteiger partial charge is 0.264 e. The van der Waals surface area contributed by atoms with E-state index < -0.39 is 5.91 Å². The lowest BCUT2D eigenvalue weighted by Gasteiger charge is -2.32. The molecule has 2 amide bonds. The Kier molecular flexibility index (Phi) is 5.00. The summed E-state index contributed by atoms with van der Waals surface area (Å²) < 4.78 is 5.17. The molecule has 2 aromatic heterocycles. The fourth-order valence-electron chi connectivity index (χ4n) is 3.70. The predicted molar refractivity (Wildman–Crippen MR) is 109 cm³/mol. The van der Waals surface area contributed by atoms with Crippen LogP contribution in [0.4, 0.5) is 0 Å². The van der Waals surface area contributed by atoms with Crippen LogP contribution in [0.25, 0.3) is 10.9 Å². The number of pyridine rings is 1. The summed E-state index contributed by atoms with van der Waals surface area (Å²) in [4.78, 5) is 32.0. The number of carbonyl (C=O) groups excluding carboxylic acids is 2. The van der Waals surface area contributed by atoms with Gasteiger partial charge < -0.3 is 15.4 Å². The van der Waals surface area contributed by atoms with E-state index in [0.29, 0.717) is 23.5 Å². The van der Waals surface area contributed by atoms with Crippen molar-refractivity contribution in [1.82, 2.24) is 9.88 Å². The second-order valence-corrected chi connectivity index (χ2v) is 7.91. The van der Waals surface area contributed by atoms with Gasteiger partial charge in [-0.05, 0) is 37.1 Å². The van der Waals surface area contributed by atoms with E-state index in [-0.39, 0.29) is 11.8 Å². The molecule has 0 radical (unpaired) electrons. The number of nitrogens with zero attached hydrogens (tertiary/aromatic N) is 2. The minimum atomic E-state index is -0.461. The molecule has 1 saturated heterocycles. The summed E-state index contributed by atoms with van der Waals surface area (Å²) in [7, 11) is 1.60. The fraction of sp³-hybridized carbons (Fsp3) is 0.286. The van der Waals surface area contributed by atoms with Crippen LogP contribution in [-0.2, 0) is 0 Å².